The van der Waals surface area contributed by atoms with Crippen molar-refractivity contribution in [1.82, 2.24) is 0 Å². The summed E-state index contributed by atoms with van der Waals surface area (Å²) in [4.78, 5) is 12.7. The van der Waals surface area contributed by atoms with Gasteiger partial charge in [0.25, 0.3) is 0 Å². The zero-order chi connectivity index (χ0) is 17.4. The second-order valence-corrected chi connectivity index (χ2v) is 10.5. The first-order chi connectivity index (χ1) is 11.2. The van der Waals surface area contributed by atoms with Crippen molar-refractivity contribution in [1.29, 1.82) is 0 Å². The minimum absolute atomic E-state index is 0.0161. The molecular weight excluding hydrogens is 415 g/mol. The first kappa shape index (κ1) is 17.1. The largest absolute Gasteiger partial charge is 0.457 e. The van der Waals surface area contributed by atoms with Gasteiger partial charge in [-0.05, 0) is 78.0 Å². The zero-order valence-electron chi connectivity index (χ0n) is 14.7. The summed E-state index contributed by atoms with van der Waals surface area (Å²) >= 11 is 2.21. The number of hydrogen-bond donors (Lipinski definition) is 1. The Morgan fingerprint density at radius 2 is 2.12 bits per heavy atom. The third-order valence-corrected chi connectivity index (χ3v) is 8.07. The Balaban J connectivity index is 1.74. The first-order valence-electron chi connectivity index (χ1n) is 9.14. The Kier molecular flexibility index (Phi) is 3.62. The van der Waals surface area contributed by atoms with Crippen LogP contribution < -0.4 is 0 Å². The molecule has 0 radical (unpaired) electrons. The van der Waals surface area contributed by atoms with Gasteiger partial charge in [-0.25, -0.2) is 0 Å². The van der Waals surface area contributed by atoms with Crippen LogP contribution in [-0.4, -0.2) is 22.3 Å². The molecule has 4 heteroatoms. The monoisotopic (exact) mass is 442 g/mol. The van der Waals surface area contributed by atoms with Gasteiger partial charge >= 0.3 is 5.97 Å². The van der Waals surface area contributed by atoms with Crippen LogP contribution >= 0.6 is 22.6 Å². The summed E-state index contributed by atoms with van der Waals surface area (Å²) in [6, 6.07) is 0. The number of rotatable bonds is 2. The second kappa shape index (κ2) is 5.09. The molecule has 2 saturated carbocycles. The lowest BCUT2D eigenvalue weighted by Gasteiger charge is -2.59. The molecule has 0 aromatic carbocycles. The molecule has 1 aliphatic heterocycles. The number of hydrogen-bond acceptors (Lipinski definition) is 3. The quantitative estimate of drug-likeness (QED) is 0.384. The normalized spacial score (nSPS) is 49.8. The number of halogens is 1. The van der Waals surface area contributed by atoms with E-state index in [1.165, 1.54) is 5.57 Å². The molecular formula is C20H27IO3. The summed E-state index contributed by atoms with van der Waals surface area (Å²) in [5.41, 5.74) is -0.155. The highest BCUT2D eigenvalue weighted by atomic mass is 127. The van der Waals surface area contributed by atoms with E-state index in [1.807, 2.05) is 0 Å². The van der Waals surface area contributed by atoms with Gasteiger partial charge in [-0.15, -0.1) is 0 Å². The molecule has 0 aromatic rings. The minimum atomic E-state index is -0.687. The van der Waals surface area contributed by atoms with Gasteiger partial charge in [-0.1, -0.05) is 25.2 Å². The predicted molar refractivity (Wildman–Crippen MR) is 102 cm³/mol. The van der Waals surface area contributed by atoms with E-state index in [1.54, 1.807) is 0 Å². The van der Waals surface area contributed by atoms with E-state index in [0.717, 1.165) is 42.1 Å². The summed E-state index contributed by atoms with van der Waals surface area (Å²) in [5, 5.41) is 11.0. The number of ether oxygens (including phenoxy) is 1. The maximum Gasteiger partial charge on any atom is 0.312 e. The highest BCUT2D eigenvalue weighted by Crippen LogP contribution is 2.69. The van der Waals surface area contributed by atoms with Gasteiger partial charge in [0.05, 0.1) is 11.0 Å². The van der Waals surface area contributed by atoms with Crippen LogP contribution in [0.5, 0.6) is 0 Å². The van der Waals surface area contributed by atoms with Gasteiger partial charge in [0.15, 0.2) is 0 Å². The molecule has 5 atom stereocenters. The fourth-order valence-electron chi connectivity index (χ4n) is 6.28. The van der Waals surface area contributed by atoms with Crippen LogP contribution in [0, 0.1) is 16.7 Å². The number of fused-ring (bicyclic) bond motifs is 1. The van der Waals surface area contributed by atoms with Crippen molar-refractivity contribution in [3.63, 3.8) is 0 Å². The standard InChI is InChI=1S/C20H27IO3/c1-13(21)11-19(23)10-9-18(3)14(12-19)5-6-15-17(2)7-4-8-20(15,18)24-16(17)22/h5,15,23H,1,4,6-12H2,2-3H3/t15-,17-,18+,19-,20+/m1/s1. The smallest absolute Gasteiger partial charge is 0.312 e. The Bertz CT molecular complexity index is 655. The Morgan fingerprint density at radius 1 is 1.38 bits per heavy atom. The summed E-state index contributed by atoms with van der Waals surface area (Å²) < 4.78 is 7.22. The lowest BCUT2D eigenvalue weighted by molar-refractivity contribution is -0.169. The van der Waals surface area contributed by atoms with Crippen molar-refractivity contribution in [2.75, 3.05) is 0 Å². The minimum Gasteiger partial charge on any atom is -0.457 e. The average Bonchev–Trinajstić information content (AvgIpc) is 2.60. The third-order valence-electron chi connectivity index (χ3n) is 7.69. The van der Waals surface area contributed by atoms with E-state index in [0.29, 0.717) is 18.8 Å². The Morgan fingerprint density at radius 3 is 2.83 bits per heavy atom. The van der Waals surface area contributed by atoms with E-state index in [-0.39, 0.29) is 22.4 Å². The van der Waals surface area contributed by atoms with Crippen LogP contribution in [0.1, 0.15) is 65.2 Å². The molecule has 1 saturated heterocycles. The van der Waals surface area contributed by atoms with Crippen molar-refractivity contribution in [2.24, 2.45) is 16.7 Å². The summed E-state index contributed by atoms with van der Waals surface area (Å²) in [6.45, 7) is 8.37. The van der Waals surface area contributed by atoms with Crippen LogP contribution in [0.4, 0.5) is 0 Å². The highest BCUT2D eigenvalue weighted by Gasteiger charge is 2.72. The van der Waals surface area contributed by atoms with E-state index in [4.69, 9.17) is 4.74 Å². The van der Waals surface area contributed by atoms with Crippen LogP contribution in [0.2, 0.25) is 0 Å². The number of esters is 1. The van der Waals surface area contributed by atoms with Gasteiger partial charge in [0.1, 0.15) is 5.60 Å². The molecule has 0 amide bonds. The molecule has 132 valence electrons. The van der Waals surface area contributed by atoms with E-state index in [2.05, 4.69) is 49.1 Å². The van der Waals surface area contributed by atoms with Crippen LogP contribution in [0.15, 0.2) is 21.8 Å². The summed E-state index contributed by atoms with van der Waals surface area (Å²) in [7, 11) is 0. The molecule has 4 aliphatic rings. The fourth-order valence-corrected chi connectivity index (χ4v) is 6.99. The predicted octanol–water partition coefficient (Wildman–Crippen LogP) is 4.68. The van der Waals surface area contributed by atoms with Gasteiger partial charge in [0, 0.05) is 17.8 Å². The molecule has 1 N–H and O–H groups in total. The van der Waals surface area contributed by atoms with E-state index in [9.17, 15) is 9.90 Å². The lowest BCUT2D eigenvalue weighted by atomic mass is 9.46. The van der Waals surface area contributed by atoms with E-state index < -0.39 is 5.60 Å². The third kappa shape index (κ3) is 2.01. The van der Waals surface area contributed by atoms with Crippen molar-refractivity contribution >= 4 is 28.6 Å². The van der Waals surface area contributed by atoms with Crippen LogP contribution in [-0.2, 0) is 9.53 Å². The molecule has 2 bridgehead atoms. The summed E-state index contributed by atoms with van der Waals surface area (Å²) in [6.07, 6.45) is 9.22. The van der Waals surface area contributed by atoms with E-state index >= 15 is 0 Å². The van der Waals surface area contributed by atoms with Crippen molar-refractivity contribution < 1.29 is 14.6 Å². The van der Waals surface area contributed by atoms with Crippen molar-refractivity contribution in [3.8, 4) is 0 Å². The molecule has 3 nitrogen and oxygen atoms in total. The number of carbonyl (C=O) groups is 1. The highest BCUT2D eigenvalue weighted by molar-refractivity contribution is 14.1. The summed E-state index contributed by atoms with van der Waals surface area (Å²) in [5.74, 6) is 0.313. The molecule has 24 heavy (non-hydrogen) atoms. The number of carbonyl (C=O) groups excluding carboxylic acids is 1. The first-order valence-corrected chi connectivity index (χ1v) is 10.2. The Labute approximate surface area is 158 Å². The van der Waals surface area contributed by atoms with Crippen LogP contribution in [0.3, 0.4) is 0 Å². The molecule has 1 heterocycles. The van der Waals surface area contributed by atoms with Gasteiger partial charge in [0.2, 0.25) is 0 Å². The fraction of sp³-hybridized carbons (Fsp3) is 0.750. The zero-order valence-corrected chi connectivity index (χ0v) is 16.8. The maximum absolute atomic E-state index is 12.7. The molecule has 0 aromatic heterocycles. The van der Waals surface area contributed by atoms with Crippen molar-refractivity contribution in [3.05, 3.63) is 21.8 Å². The molecule has 3 fully saturated rings. The molecule has 3 aliphatic carbocycles. The number of allylic oxidation sites excluding steroid dienone is 1. The molecule has 0 unspecified atom stereocenters. The lowest BCUT2D eigenvalue weighted by Crippen LogP contribution is -2.60. The topological polar surface area (TPSA) is 46.5 Å². The Hall–Kier alpha value is -0.360. The van der Waals surface area contributed by atoms with Gasteiger partial charge in [-0.2, -0.15) is 0 Å². The maximum atomic E-state index is 12.7. The van der Waals surface area contributed by atoms with Crippen LogP contribution in [0.25, 0.3) is 0 Å². The molecule has 4 rings (SSSR count). The van der Waals surface area contributed by atoms with Gasteiger partial charge < -0.3 is 9.84 Å². The average molecular weight is 442 g/mol. The SMILES string of the molecule is C=C(I)C[C@]1(O)CC[C@@]2(C)C(=CC[C@@H]3[C@@]4(C)CCC[C@]32OC4=O)C1. The number of aliphatic hydroxyl groups is 1. The van der Waals surface area contributed by atoms with Gasteiger partial charge in [-0.3, -0.25) is 4.79 Å². The van der Waals surface area contributed by atoms with Crippen molar-refractivity contribution in [2.45, 2.75) is 76.4 Å². The molecule has 0 spiro atoms. The second-order valence-electron chi connectivity index (χ2n) is 8.99.